The van der Waals surface area contributed by atoms with Crippen molar-refractivity contribution in [3.63, 3.8) is 0 Å². The minimum atomic E-state index is -0.142. The number of fused-ring (bicyclic) bond motifs is 2. The molecule has 0 saturated carbocycles. The third-order valence-electron chi connectivity index (χ3n) is 6.75. The summed E-state index contributed by atoms with van der Waals surface area (Å²) in [5.74, 6) is 0.887. The molecule has 2 aromatic rings. The Kier molecular flexibility index (Phi) is 6.96. The molecule has 3 saturated heterocycles. The summed E-state index contributed by atoms with van der Waals surface area (Å²) in [7, 11) is 2.22. The Bertz CT molecular complexity index is 841. The molecule has 5 nitrogen and oxygen atoms in total. The Morgan fingerprint density at radius 2 is 1.83 bits per heavy atom. The van der Waals surface area contributed by atoms with Crippen LogP contribution in [0.2, 0.25) is 5.02 Å². The molecule has 0 aliphatic carbocycles. The molecule has 2 bridgehead atoms. The van der Waals surface area contributed by atoms with E-state index in [9.17, 15) is 0 Å². The first-order valence-electron chi connectivity index (χ1n) is 9.93. The van der Waals surface area contributed by atoms with Gasteiger partial charge in [0.05, 0.1) is 5.69 Å². The van der Waals surface area contributed by atoms with Gasteiger partial charge in [-0.2, -0.15) is 0 Å². The molecule has 0 spiro atoms. The number of likely N-dealkylation sites (N-methyl/N-ethyl adjacent to an activating group) is 1. The molecule has 3 fully saturated rings. The van der Waals surface area contributed by atoms with Crippen molar-refractivity contribution in [1.29, 1.82) is 0 Å². The highest BCUT2D eigenvalue weighted by atomic mass is 35.5. The van der Waals surface area contributed by atoms with Crippen LogP contribution in [0.5, 0.6) is 0 Å². The number of likely N-dealkylation sites (tertiary alicyclic amines) is 1. The number of nitrogens with one attached hydrogen (secondary N) is 1. The predicted molar refractivity (Wildman–Crippen MR) is 123 cm³/mol. The quantitative estimate of drug-likeness (QED) is 0.765. The highest BCUT2D eigenvalue weighted by Gasteiger charge is 2.44. The van der Waals surface area contributed by atoms with Crippen molar-refractivity contribution >= 4 is 42.4 Å². The Morgan fingerprint density at radius 3 is 2.48 bits per heavy atom. The van der Waals surface area contributed by atoms with E-state index in [0.717, 1.165) is 55.7 Å². The van der Waals surface area contributed by atoms with Crippen LogP contribution in [-0.2, 0) is 5.41 Å². The lowest BCUT2D eigenvalue weighted by molar-refractivity contribution is 0.291. The molecule has 0 amide bonds. The van der Waals surface area contributed by atoms with Crippen LogP contribution >= 0.6 is 36.4 Å². The van der Waals surface area contributed by atoms with E-state index in [1.165, 1.54) is 12.0 Å². The molecule has 4 heterocycles. The zero-order valence-electron chi connectivity index (χ0n) is 16.6. The Hall–Kier alpha value is -1.11. The largest absolute Gasteiger partial charge is 0.335 e. The van der Waals surface area contributed by atoms with Gasteiger partial charge in [-0.25, -0.2) is 9.97 Å². The lowest BCUT2D eigenvalue weighted by Crippen LogP contribution is -2.46. The summed E-state index contributed by atoms with van der Waals surface area (Å²) in [5, 5.41) is 4.33. The van der Waals surface area contributed by atoms with Gasteiger partial charge < -0.3 is 10.2 Å². The SMILES string of the molecule is CN1C[C@@H]2C[C@H]1CN2c1nccc(C2(c3ccccc3Cl)CCNCC2)n1.Cl.Cl. The van der Waals surface area contributed by atoms with Gasteiger partial charge in [0.15, 0.2) is 0 Å². The summed E-state index contributed by atoms with van der Waals surface area (Å²) in [4.78, 5) is 14.7. The molecule has 3 aliphatic heterocycles. The van der Waals surface area contributed by atoms with Crippen LogP contribution in [0.15, 0.2) is 36.5 Å². The van der Waals surface area contributed by atoms with E-state index in [-0.39, 0.29) is 30.2 Å². The molecule has 1 aromatic carbocycles. The minimum Gasteiger partial charge on any atom is -0.335 e. The van der Waals surface area contributed by atoms with Crippen LogP contribution in [0.1, 0.15) is 30.5 Å². The van der Waals surface area contributed by atoms with Crippen molar-refractivity contribution in [3.8, 4) is 0 Å². The van der Waals surface area contributed by atoms with E-state index in [1.54, 1.807) is 0 Å². The van der Waals surface area contributed by atoms with Gasteiger partial charge in [0.2, 0.25) is 5.95 Å². The van der Waals surface area contributed by atoms with Crippen LogP contribution in [0.25, 0.3) is 0 Å². The first-order chi connectivity index (χ1) is 13.2. The average Bonchev–Trinajstić information content (AvgIpc) is 3.28. The van der Waals surface area contributed by atoms with Crippen LogP contribution in [0.3, 0.4) is 0 Å². The molecule has 8 heteroatoms. The van der Waals surface area contributed by atoms with Gasteiger partial charge in [-0.3, -0.25) is 4.90 Å². The van der Waals surface area contributed by atoms with Crippen molar-refractivity contribution in [1.82, 2.24) is 20.2 Å². The van der Waals surface area contributed by atoms with E-state index >= 15 is 0 Å². The smallest absolute Gasteiger partial charge is 0.225 e. The summed E-state index contributed by atoms with van der Waals surface area (Å²) in [6.45, 7) is 4.09. The number of nitrogens with zero attached hydrogens (tertiary/aromatic N) is 4. The van der Waals surface area contributed by atoms with Gasteiger partial charge in [-0.1, -0.05) is 29.8 Å². The molecule has 1 N–H and O–H groups in total. The van der Waals surface area contributed by atoms with E-state index in [1.807, 2.05) is 18.3 Å². The van der Waals surface area contributed by atoms with Gasteiger partial charge in [-0.15, -0.1) is 24.8 Å². The number of rotatable bonds is 3. The fraction of sp³-hybridized carbons (Fsp3) is 0.524. The third-order valence-corrected chi connectivity index (χ3v) is 7.08. The van der Waals surface area contributed by atoms with Gasteiger partial charge in [0.1, 0.15) is 0 Å². The predicted octanol–water partition coefficient (Wildman–Crippen LogP) is 3.54. The van der Waals surface area contributed by atoms with Crippen molar-refractivity contribution in [2.24, 2.45) is 0 Å². The summed E-state index contributed by atoms with van der Waals surface area (Å²) in [5.41, 5.74) is 2.16. The molecule has 5 rings (SSSR count). The van der Waals surface area contributed by atoms with Crippen LogP contribution in [0, 0.1) is 0 Å². The fourth-order valence-corrected chi connectivity index (χ4v) is 5.55. The summed E-state index contributed by atoms with van der Waals surface area (Å²) < 4.78 is 0. The summed E-state index contributed by atoms with van der Waals surface area (Å²) >= 11 is 6.65. The molecule has 158 valence electrons. The highest BCUT2D eigenvalue weighted by molar-refractivity contribution is 6.31. The van der Waals surface area contributed by atoms with Gasteiger partial charge in [-0.05, 0) is 57.1 Å². The lowest BCUT2D eigenvalue weighted by Gasteiger charge is -2.39. The van der Waals surface area contributed by atoms with Crippen molar-refractivity contribution < 1.29 is 0 Å². The Labute approximate surface area is 190 Å². The van der Waals surface area contributed by atoms with E-state index in [2.05, 4.69) is 45.3 Å². The van der Waals surface area contributed by atoms with Crippen molar-refractivity contribution in [3.05, 3.63) is 52.8 Å². The highest BCUT2D eigenvalue weighted by Crippen LogP contribution is 2.43. The molecule has 0 radical (unpaired) electrons. The number of hydrogen-bond donors (Lipinski definition) is 1. The van der Waals surface area contributed by atoms with E-state index in [0.29, 0.717) is 12.1 Å². The first-order valence-corrected chi connectivity index (χ1v) is 10.3. The minimum absolute atomic E-state index is 0. The monoisotopic (exact) mass is 455 g/mol. The van der Waals surface area contributed by atoms with Gasteiger partial charge in [0.25, 0.3) is 0 Å². The van der Waals surface area contributed by atoms with Gasteiger partial charge in [0, 0.05) is 41.8 Å². The zero-order chi connectivity index (χ0) is 18.4. The molecule has 3 aliphatic rings. The average molecular weight is 457 g/mol. The number of aromatic nitrogens is 2. The molecular formula is C21H28Cl3N5. The number of piperazine rings is 1. The van der Waals surface area contributed by atoms with Crippen molar-refractivity contribution in [2.75, 3.05) is 38.1 Å². The normalized spacial score (nSPS) is 25.4. The summed E-state index contributed by atoms with van der Waals surface area (Å²) in [6.07, 6.45) is 5.17. The van der Waals surface area contributed by atoms with Crippen LogP contribution < -0.4 is 10.2 Å². The molecule has 0 unspecified atom stereocenters. The van der Waals surface area contributed by atoms with E-state index < -0.39 is 0 Å². The van der Waals surface area contributed by atoms with Crippen LogP contribution in [0.4, 0.5) is 5.95 Å². The number of halogens is 3. The second-order valence-electron chi connectivity index (χ2n) is 8.19. The zero-order valence-corrected chi connectivity index (χ0v) is 18.9. The molecule has 1 aromatic heterocycles. The fourth-order valence-electron chi connectivity index (χ4n) is 5.23. The number of benzene rings is 1. The number of piperidine rings is 1. The number of hydrogen-bond acceptors (Lipinski definition) is 5. The van der Waals surface area contributed by atoms with Gasteiger partial charge >= 0.3 is 0 Å². The first kappa shape index (κ1) is 22.6. The lowest BCUT2D eigenvalue weighted by atomic mass is 9.70. The molecule has 2 atom stereocenters. The molecular weight excluding hydrogens is 429 g/mol. The van der Waals surface area contributed by atoms with E-state index in [4.69, 9.17) is 16.6 Å². The maximum Gasteiger partial charge on any atom is 0.225 e. The maximum absolute atomic E-state index is 6.65. The standard InChI is InChI=1S/C21H26ClN5.2ClH/c1-26-13-16-12-15(26)14-27(16)20-24-9-6-19(25-20)21(7-10-23-11-8-21)17-4-2-3-5-18(17)22;;/h2-6,9,15-16,23H,7-8,10-14H2,1H3;2*1H/t15-,16-;;/m0../s1. The van der Waals surface area contributed by atoms with Crippen LogP contribution in [-0.4, -0.2) is 60.2 Å². The second-order valence-corrected chi connectivity index (χ2v) is 8.60. The summed E-state index contributed by atoms with van der Waals surface area (Å²) in [6, 6.07) is 11.5. The maximum atomic E-state index is 6.65. The topological polar surface area (TPSA) is 44.3 Å². The Balaban J connectivity index is 0.00000120. The Morgan fingerprint density at radius 1 is 1.07 bits per heavy atom. The van der Waals surface area contributed by atoms with Crippen molar-refractivity contribution in [2.45, 2.75) is 36.8 Å². The molecule has 29 heavy (non-hydrogen) atoms. The number of anilines is 1. The second kappa shape index (κ2) is 8.94. The third kappa shape index (κ3) is 3.84.